The van der Waals surface area contributed by atoms with E-state index in [1.165, 1.54) is 11.1 Å². The number of rotatable bonds is 6. The van der Waals surface area contributed by atoms with E-state index in [9.17, 15) is 4.39 Å². The monoisotopic (exact) mass is 256 g/mol. The fraction of sp³-hybridized carbons (Fsp3) is 0.235. The molecule has 0 fully saturated rings. The number of nitrogens with zero attached hydrogens (tertiary/aromatic N) is 1. The van der Waals surface area contributed by atoms with Crippen molar-refractivity contribution in [3.63, 3.8) is 0 Å². The molecule has 99 valence electrons. The second-order valence-corrected chi connectivity index (χ2v) is 4.74. The molecule has 0 unspecified atom stereocenters. The quantitative estimate of drug-likeness (QED) is 0.758. The topological polar surface area (TPSA) is 3.24 Å². The second-order valence-electron chi connectivity index (χ2n) is 4.74. The molecule has 0 N–H and O–H groups in total. The molecule has 2 heteroatoms. The van der Waals surface area contributed by atoms with Crippen LogP contribution in [0.2, 0.25) is 0 Å². The highest BCUT2D eigenvalue weighted by atomic mass is 19.1. The maximum absolute atomic E-state index is 13.2. The third-order valence-electron chi connectivity index (χ3n) is 2.95. The second kappa shape index (κ2) is 7.05. The molecule has 0 saturated heterocycles. The molecule has 0 bridgehead atoms. The lowest BCUT2D eigenvalue weighted by Crippen LogP contribution is -2.28. The first-order chi connectivity index (χ1) is 9.24. The summed E-state index contributed by atoms with van der Waals surface area (Å²) in [6.45, 7) is 5.29. The molecular formula is C17H19FN. The summed E-state index contributed by atoms with van der Waals surface area (Å²) < 4.78 is 13.2. The minimum atomic E-state index is -1.06. The van der Waals surface area contributed by atoms with E-state index in [0.29, 0.717) is 6.54 Å². The third-order valence-corrected chi connectivity index (χ3v) is 2.95. The predicted octanol–water partition coefficient (Wildman–Crippen LogP) is 3.86. The molecule has 0 saturated carbocycles. The summed E-state index contributed by atoms with van der Waals surface area (Å²) >= 11 is 0. The van der Waals surface area contributed by atoms with Gasteiger partial charge in [-0.2, -0.15) is 0 Å². The van der Waals surface area contributed by atoms with E-state index < -0.39 is 6.17 Å². The maximum Gasteiger partial charge on any atom is 0.113 e. The lowest BCUT2D eigenvalue weighted by Gasteiger charge is -2.23. The van der Waals surface area contributed by atoms with Crippen molar-refractivity contribution in [3.05, 3.63) is 78.7 Å². The Kier molecular flexibility index (Phi) is 5.10. The number of hydrogen-bond donors (Lipinski definition) is 0. The van der Waals surface area contributed by atoms with Crippen LogP contribution in [0.1, 0.15) is 11.1 Å². The highest BCUT2D eigenvalue weighted by Crippen LogP contribution is 2.11. The van der Waals surface area contributed by atoms with Crippen molar-refractivity contribution in [2.75, 3.05) is 6.54 Å². The van der Waals surface area contributed by atoms with Crippen molar-refractivity contribution in [1.82, 2.24) is 4.90 Å². The van der Waals surface area contributed by atoms with Crippen molar-refractivity contribution < 1.29 is 4.39 Å². The zero-order chi connectivity index (χ0) is 13.5. The largest absolute Gasteiger partial charge is 0.292 e. The summed E-state index contributed by atoms with van der Waals surface area (Å²) in [7, 11) is 0. The highest BCUT2D eigenvalue weighted by molar-refractivity contribution is 5.17. The lowest BCUT2D eigenvalue weighted by molar-refractivity contribution is 0.201. The number of hydrogen-bond acceptors (Lipinski definition) is 1. The summed E-state index contributed by atoms with van der Waals surface area (Å²) in [5.74, 6) is 0. The van der Waals surface area contributed by atoms with Gasteiger partial charge in [-0.15, -0.1) is 0 Å². The Morgan fingerprint density at radius 1 is 0.842 bits per heavy atom. The minimum Gasteiger partial charge on any atom is -0.292 e. The van der Waals surface area contributed by atoms with Crippen LogP contribution in [0, 0.1) is 6.92 Å². The molecule has 0 aromatic heterocycles. The van der Waals surface area contributed by atoms with Crippen molar-refractivity contribution in [1.29, 1.82) is 0 Å². The van der Waals surface area contributed by atoms with Gasteiger partial charge in [-0.1, -0.05) is 60.7 Å². The van der Waals surface area contributed by atoms with Gasteiger partial charge in [0, 0.05) is 19.6 Å². The van der Waals surface area contributed by atoms with E-state index in [0.717, 1.165) is 13.1 Å². The summed E-state index contributed by atoms with van der Waals surface area (Å²) in [5, 5.41) is 0. The van der Waals surface area contributed by atoms with Gasteiger partial charge in [-0.05, 0) is 18.1 Å². The fourth-order valence-electron chi connectivity index (χ4n) is 2.15. The average Bonchev–Trinajstić information content (AvgIpc) is 2.40. The lowest BCUT2D eigenvalue weighted by atomic mass is 10.1. The molecule has 0 aliphatic rings. The van der Waals surface area contributed by atoms with E-state index in [1.54, 1.807) is 0 Å². The Balaban J connectivity index is 2.03. The van der Waals surface area contributed by atoms with Gasteiger partial charge in [0.25, 0.3) is 0 Å². The zero-order valence-corrected chi connectivity index (χ0v) is 11.0. The van der Waals surface area contributed by atoms with Gasteiger partial charge in [0.05, 0.1) is 0 Å². The fourth-order valence-corrected chi connectivity index (χ4v) is 2.15. The summed E-state index contributed by atoms with van der Waals surface area (Å²) in [6.07, 6.45) is -1.06. The van der Waals surface area contributed by atoms with Crippen LogP contribution in [0.15, 0.2) is 60.7 Å². The SMILES string of the molecule is [CH2][C@H](F)CN(Cc1ccccc1)Cc1ccccc1. The Morgan fingerprint density at radius 3 is 1.63 bits per heavy atom. The molecule has 0 spiro atoms. The zero-order valence-electron chi connectivity index (χ0n) is 11.0. The number of alkyl halides is 1. The van der Waals surface area contributed by atoms with E-state index in [4.69, 9.17) is 0 Å². The first-order valence-electron chi connectivity index (χ1n) is 6.51. The molecular weight excluding hydrogens is 237 g/mol. The number of halogens is 1. The number of benzene rings is 2. The van der Waals surface area contributed by atoms with Crippen molar-refractivity contribution in [2.45, 2.75) is 19.3 Å². The van der Waals surface area contributed by atoms with Gasteiger partial charge in [0.15, 0.2) is 0 Å². The van der Waals surface area contributed by atoms with Crippen LogP contribution in [0.4, 0.5) is 4.39 Å². The van der Waals surface area contributed by atoms with Crippen LogP contribution in [-0.2, 0) is 13.1 Å². The Bertz CT molecular complexity index is 426. The molecule has 0 amide bonds. The molecule has 2 aromatic carbocycles. The smallest absolute Gasteiger partial charge is 0.113 e. The van der Waals surface area contributed by atoms with Gasteiger partial charge in [0.1, 0.15) is 6.17 Å². The van der Waals surface area contributed by atoms with Gasteiger partial charge in [-0.3, -0.25) is 4.90 Å². The van der Waals surface area contributed by atoms with Gasteiger partial charge in [-0.25, -0.2) is 4.39 Å². The van der Waals surface area contributed by atoms with Gasteiger partial charge in [0.2, 0.25) is 0 Å². The van der Waals surface area contributed by atoms with E-state index >= 15 is 0 Å². The summed E-state index contributed by atoms with van der Waals surface area (Å²) in [5.41, 5.74) is 2.39. The minimum absolute atomic E-state index is 0.351. The molecule has 0 aliphatic heterocycles. The van der Waals surface area contributed by atoms with Crippen molar-refractivity contribution in [2.24, 2.45) is 0 Å². The van der Waals surface area contributed by atoms with Gasteiger partial charge < -0.3 is 0 Å². The molecule has 1 atom stereocenters. The normalized spacial score (nSPS) is 12.6. The Labute approximate surface area is 114 Å². The van der Waals surface area contributed by atoms with Crippen LogP contribution in [-0.4, -0.2) is 17.6 Å². The maximum atomic E-state index is 13.2. The molecule has 19 heavy (non-hydrogen) atoms. The molecule has 1 nitrogen and oxygen atoms in total. The molecule has 0 heterocycles. The predicted molar refractivity (Wildman–Crippen MR) is 77.3 cm³/mol. The van der Waals surface area contributed by atoms with Crippen molar-refractivity contribution in [3.8, 4) is 0 Å². The van der Waals surface area contributed by atoms with Crippen LogP contribution >= 0.6 is 0 Å². The standard InChI is InChI=1S/C17H19FN/c1-15(18)12-19(13-16-8-4-2-5-9-16)14-17-10-6-3-7-11-17/h2-11,15H,1,12-14H2/t15-/m0/s1. The van der Waals surface area contributed by atoms with Crippen LogP contribution in [0.5, 0.6) is 0 Å². The molecule has 2 aromatic rings. The van der Waals surface area contributed by atoms with Crippen LogP contribution in [0.3, 0.4) is 0 Å². The Hall–Kier alpha value is -1.67. The van der Waals surface area contributed by atoms with E-state index in [1.807, 2.05) is 36.4 Å². The molecule has 2 rings (SSSR count). The van der Waals surface area contributed by atoms with E-state index in [2.05, 4.69) is 36.1 Å². The first kappa shape index (κ1) is 13.8. The average molecular weight is 256 g/mol. The third kappa shape index (κ3) is 4.84. The van der Waals surface area contributed by atoms with E-state index in [-0.39, 0.29) is 0 Å². The van der Waals surface area contributed by atoms with Crippen LogP contribution < -0.4 is 0 Å². The van der Waals surface area contributed by atoms with Crippen molar-refractivity contribution >= 4 is 0 Å². The summed E-state index contributed by atoms with van der Waals surface area (Å²) in [4.78, 5) is 2.09. The highest BCUT2D eigenvalue weighted by Gasteiger charge is 2.10. The first-order valence-corrected chi connectivity index (χ1v) is 6.51. The van der Waals surface area contributed by atoms with Gasteiger partial charge >= 0.3 is 0 Å². The molecule has 1 radical (unpaired) electrons. The van der Waals surface area contributed by atoms with Crippen LogP contribution in [0.25, 0.3) is 0 Å². The Morgan fingerprint density at radius 2 is 1.26 bits per heavy atom. The molecule has 0 aliphatic carbocycles. The summed E-state index contributed by atoms with van der Waals surface area (Å²) in [6, 6.07) is 20.3.